The van der Waals surface area contributed by atoms with Gasteiger partial charge in [0.05, 0.1) is 30.9 Å². The van der Waals surface area contributed by atoms with Gasteiger partial charge < -0.3 is 23.8 Å². The maximum atomic E-state index is 13.5. The molecule has 1 unspecified atom stereocenters. The normalized spacial score (nSPS) is 17.2. The molecule has 0 radical (unpaired) electrons. The van der Waals surface area contributed by atoms with Gasteiger partial charge in [0.2, 0.25) is 17.7 Å². The number of anilines is 1. The fourth-order valence-electron chi connectivity index (χ4n) is 9.25. The largest absolute Gasteiger partial charge is 0.496 e. The van der Waals surface area contributed by atoms with Crippen LogP contribution < -0.4 is 20.6 Å². The molecule has 2 aromatic carbocycles. The van der Waals surface area contributed by atoms with E-state index in [1.807, 2.05) is 33.7 Å². The van der Waals surface area contributed by atoms with Crippen molar-refractivity contribution in [3.05, 3.63) is 101 Å². The van der Waals surface area contributed by atoms with E-state index in [9.17, 15) is 24.0 Å². The van der Waals surface area contributed by atoms with Crippen molar-refractivity contribution in [3.63, 3.8) is 0 Å². The number of ether oxygens (including phenoxy) is 1. The third-order valence-corrected chi connectivity index (χ3v) is 12.7. The van der Waals surface area contributed by atoms with E-state index in [-0.39, 0.29) is 29.8 Å². The molecule has 1 N–H and O–H groups in total. The van der Waals surface area contributed by atoms with Crippen LogP contribution in [0.25, 0.3) is 33.4 Å². The topological polar surface area (TPSA) is 177 Å². The van der Waals surface area contributed by atoms with Crippen LogP contribution in [-0.4, -0.2) is 139 Å². The van der Waals surface area contributed by atoms with Gasteiger partial charge in [0, 0.05) is 121 Å². The third-order valence-electron chi connectivity index (χ3n) is 12.7. The first-order chi connectivity index (χ1) is 31.0. The van der Waals surface area contributed by atoms with Crippen molar-refractivity contribution < 1.29 is 23.9 Å². The summed E-state index contributed by atoms with van der Waals surface area (Å²) >= 11 is 0. The van der Waals surface area contributed by atoms with Crippen molar-refractivity contribution >= 4 is 51.6 Å². The lowest BCUT2D eigenvalue weighted by Gasteiger charge is -2.36. The van der Waals surface area contributed by atoms with Gasteiger partial charge >= 0.3 is 5.69 Å². The van der Waals surface area contributed by atoms with Gasteiger partial charge in [-0.25, -0.2) is 9.78 Å². The number of hydrogen-bond acceptors (Lipinski definition) is 11. The predicted molar refractivity (Wildman–Crippen MR) is 240 cm³/mol. The van der Waals surface area contributed by atoms with Crippen LogP contribution in [0.15, 0.2) is 78.1 Å². The van der Waals surface area contributed by atoms with Gasteiger partial charge in [-0.2, -0.15) is 0 Å². The van der Waals surface area contributed by atoms with Gasteiger partial charge in [-0.3, -0.25) is 43.2 Å². The summed E-state index contributed by atoms with van der Waals surface area (Å²) in [5, 5.41) is 10.2. The molecular weight excluding hydrogens is 817 g/mol. The number of rotatable bonds is 12. The van der Waals surface area contributed by atoms with Crippen LogP contribution in [0.3, 0.4) is 0 Å². The number of fused-ring (bicyclic) bond motifs is 2. The van der Waals surface area contributed by atoms with E-state index in [2.05, 4.69) is 55.8 Å². The highest BCUT2D eigenvalue weighted by molar-refractivity contribution is 6.00. The molecule has 0 aliphatic carbocycles. The number of nitrogens with zero attached hydrogens (tertiary/aromatic N) is 11. The molecule has 2 fully saturated rings. The van der Waals surface area contributed by atoms with Crippen LogP contribution in [0.2, 0.25) is 0 Å². The number of hydrogen-bond donors (Lipinski definition) is 1. The second kappa shape index (κ2) is 17.6. The highest BCUT2D eigenvalue weighted by Crippen LogP contribution is 2.38. The minimum atomic E-state index is -0.722. The molecule has 0 spiro atoms. The van der Waals surface area contributed by atoms with Crippen molar-refractivity contribution in [2.24, 2.45) is 7.05 Å². The Hall–Kier alpha value is -7.08. The Morgan fingerprint density at radius 1 is 0.969 bits per heavy atom. The number of aromatic nitrogens is 7. The van der Waals surface area contributed by atoms with Gasteiger partial charge in [0.1, 0.15) is 23.1 Å². The van der Waals surface area contributed by atoms with Crippen molar-refractivity contribution in [1.82, 2.24) is 53.5 Å². The molecule has 2 saturated heterocycles. The van der Waals surface area contributed by atoms with Crippen LogP contribution >= 0.6 is 0 Å². The number of aryl methyl sites for hydroxylation is 2. The van der Waals surface area contributed by atoms with E-state index in [0.717, 1.165) is 84.6 Å². The Labute approximate surface area is 369 Å². The van der Waals surface area contributed by atoms with Crippen molar-refractivity contribution in [1.29, 1.82) is 0 Å². The lowest BCUT2D eigenvalue weighted by Crippen LogP contribution is -2.47. The lowest BCUT2D eigenvalue weighted by molar-refractivity contribution is -0.136. The summed E-state index contributed by atoms with van der Waals surface area (Å²) < 4.78 is 12.8. The molecule has 6 aromatic rings. The average Bonchev–Trinajstić information content (AvgIpc) is 4.06. The quantitative estimate of drug-likeness (QED) is 0.179. The van der Waals surface area contributed by atoms with E-state index < -0.39 is 11.9 Å². The number of para-hydroxylation sites is 1. The van der Waals surface area contributed by atoms with E-state index in [1.54, 1.807) is 56.1 Å². The van der Waals surface area contributed by atoms with Gasteiger partial charge in [0.25, 0.3) is 5.91 Å². The maximum absolute atomic E-state index is 13.5. The van der Waals surface area contributed by atoms with E-state index in [1.165, 1.54) is 9.47 Å². The lowest BCUT2D eigenvalue weighted by atomic mass is 9.97. The summed E-state index contributed by atoms with van der Waals surface area (Å²) in [6, 6.07) is 13.4. The molecule has 7 heterocycles. The Bertz CT molecular complexity index is 2860. The number of amides is 4. The Morgan fingerprint density at radius 3 is 2.55 bits per heavy atom. The maximum Gasteiger partial charge on any atom is 0.329 e. The van der Waals surface area contributed by atoms with Crippen LogP contribution in [0.1, 0.15) is 53.3 Å². The van der Waals surface area contributed by atoms with E-state index in [4.69, 9.17) is 9.72 Å². The second-order valence-corrected chi connectivity index (χ2v) is 16.9. The average molecular weight is 869 g/mol. The molecule has 64 heavy (non-hydrogen) atoms. The molecule has 18 heteroatoms. The number of nitrogens with one attached hydrogen (secondary N) is 1. The number of piperazine rings is 1. The summed E-state index contributed by atoms with van der Waals surface area (Å²) in [5.41, 5.74) is 7.82. The zero-order chi connectivity index (χ0) is 44.6. The number of pyridine rings is 1. The number of piperidine rings is 1. The summed E-state index contributed by atoms with van der Waals surface area (Å²) in [4.78, 5) is 77.5. The summed E-state index contributed by atoms with van der Waals surface area (Å²) in [5.74, 6) is -0.235. The summed E-state index contributed by atoms with van der Waals surface area (Å²) in [7, 11) is 6.82. The predicted octanol–water partition coefficient (Wildman–Crippen LogP) is 3.01. The van der Waals surface area contributed by atoms with Gasteiger partial charge in [-0.15, -0.1) is 5.10 Å². The third kappa shape index (κ3) is 8.16. The fourth-order valence-corrected chi connectivity index (χ4v) is 9.25. The van der Waals surface area contributed by atoms with Crippen molar-refractivity contribution in [3.8, 4) is 16.9 Å². The van der Waals surface area contributed by atoms with Crippen LogP contribution in [0, 0.1) is 0 Å². The standard InChI is InChI=1S/C46H52N12O6/c1-51(2)45(62)36-29-56-28-32(31-8-6-17-55(27-31)41(60)15-19-57-20-16-47-50-57)25-35(43(56)48-36)34-11-10-33(26-39(34)64-4)54-23-21-53(22-24-54)18-14-30-7-5-9-37-42(30)52(3)46(63)58(37)38-12-13-40(59)49-44(38)61/h5,7-11,16,20,25-26,28-29,38H,6,12-15,17-19,21-24,27H2,1-4H3,(H,49,59,61). The summed E-state index contributed by atoms with van der Waals surface area (Å²) in [6.45, 7) is 5.62. The second-order valence-electron chi connectivity index (χ2n) is 16.9. The zero-order valence-corrected chi connectivity index (χ0v) is 36.6. The van der Waals surface area contributed by atoms with Crippen molar-refractivity contribution in [2.75, 3.05) is 71.9 Å². The molecule has 1 atom stereocenters. The Kier molecular flexibility index (Phi) is 11.6. The van der Waals surface area contributed by atoms with Gasteiger partial charge in [0.15, 0.2) is 0 Å². The fraction of sp³-hybridized carbons (Fsp3) is 0.391. The number of benzene rings is 2. The Balaban J connectivity index is 0.919. The molecular formula is C46H52N12O6. The number of carbonyl (C=O) groups excluding carboxylic acids is 4. The summed E-state index contributed by atoms with van der Waals surface area (Å²) in [6.07, 6.45) is 11.5. The molecule has 0 bridgehead atoms. The molecule has 4 aromatic heterocycles. The van der Waals surface area contributed by atoms with E-state index >= 15 is 0 Å². The smallest absolute Gasteiger partial charge is 0.329 e. The minimum absolute atomic E-state index is 0.0481. The van der Waals surface area contributed by atoms with Crippen molar-refractivity contribution in [2.45, 2.75) is 44.7 Å². The molecule has 18 nitrogen and oxygen atoms in total. The van der Waals surface area contributed by atoms with E-state index in [0.29, 0.717) is 55.1 Å². The highest BCUT2D eigenvalue weighted by Gasteiger charge is 2.32. The molecule has 3 aliphatic rings. The van der Waals surface area contributed by atoms with Gasteiger partial charge in [-0.05, 0) is 60.2 Å². The molecule has 332 valence electrons. The molecule has 9 rings (SSSR count). The first-order valence-electron chi connectivity index (χ1n) is 21.7. The number of carbonyl (C=O) groups is 4. The number of imidazole rings is 2. The molecule has 3 aliphatic heterocycles. The Morgan fingerprint density at radius 2 is 1.80 bits per heavy atom. The van der Waals surface area contributed by atoms with Crippen LogP contribution in [0.5, 0.6) is 5.75 Å². The number of imide groups is 1. The first-order valence-corrected chi connectivity index (χ1v) is 21.7. The zero-order valence-electron chi connectivity index (χ0n) is 36.6. The van der Waals surface area contributed by atoms with Gasteiger partial charge in [-0.1, -0.05) is 23.4 Å². The monoisotopic (exact) mass is 868 g/mol. The first kappa shape index (κ1) is 42.2. The van der Waals surface area contributed by atoms with Crippen LogP contribution in [0.4, 0.5) is 5.69 Å². The molecule has 0 saturated carbocycles. The SMILES string of the molecule is COc1cc(N2CCN(CCc3cccc4c3n(C)c(=O)n4C3CCC(=O)NC3=O)CC2)ccc1-c1cc(C2=CCCN(C(=O)CCn3ccnn3)C2)cn2cc(C(=O)N(C)C)nc12. The number of methoxy groups -OCH3 is 1. The van der Waals surface area contributed by atoms with Crippen LogP contribution in [-0.2, 0) is 34.4 Å². The minimum Gasteiger partial charge on any atom is -0.496 e. The highest BCUT2D eigenvalue weighted by atomic mass is 16.5. The molecule has 4 amide bonds.